The van der Waals surface area contributed by atoms with Crippen molar-refractivity contribution >= 4 is 17.9 Å². The summed E-state index contributed by atoms with van der Waals surface area (Å²) < 4.78 is 4.75. The molecular formula is C15H18N2O4. The first-order valence-electron chi connectivity index (χ1n) is 6.95. The van der Waals surface area contributed by atoms with E-state index in [1.54, 1.807) is 18.3 Å². The number of nitro groups is 1. The lowest BCUT2D eigenvalue weighted by atomic mass is 9.86. The van der Waals surface area contributed by atoms with Gasteiger partial charge in [-0.3, -0.25) is 19.9 Å². The Labute approximate surface area is 123 Å². The van der Waals surface area contributed by atoms with E-state index < -0.39 is 4.92 Å². The second-order valence-corrected chi connectivity index (χ2v) is 5.16. The Morgan fingerprint density at radius 2 is 1.90 bits per heavy atom. The van der Waals surface area contributed by atoms with Gasteiger partial charge in [0.25, 0.3) is 5.69 Å². The summed E-state index contributed by atoms with van der Waals surface area (Å²) in [6.45, 7) is 0. The van der Waals surface area contributed by atoms with Crippen molar-refractivity contribution in [2.75, 3.05) is 7.11 Å². The van der Waals surface area contributed by atoms with Crippen molar-refractivity contribution in [1.82, 2.24) is 0 Å². The van der Waals surface area contributed by atoms with Crippen LogP contribution in [0.2, 0.25) is 0 Å². The van der Waals surface area contributed by atoms with Crippen LogP contribution in [0, 0.1) is 16.0 Å². The highest BCUT2D eigenvalue weighted by molar-refractivity contribution is 5.80. The van der Waals surface area contributed by atoms with E-state index in [-0.39, 0.29) is 23.6 Å². The van der Waals surface area contributed by atoms with Gasteiger partial charge in [-0.15, -0.1) is 0 Å². The van der Waals surface area contributed by atoms with Gasteiger partial charge in [0.2, 0.25) is 0 Å². The number of hydrogen-bond acceptors (Lipinski definition) is 5. The molecule has 6 nitrogen and oxygen atoms in total. The van der Waals surface area contributed by atoms with E-state index in [4.69, 9.17) is 4.74 Å². The molecule has 0 radical (unpaired) electrons. The Hall–Kier alpha value is -2.24. The summed E-state index contributed by atoms with van der Waals surface area (Å²) in [5.41, 5.74) is 0.918. The van der Waals surface area contributed by atoms with Gasteiger partial charge in [0.05, 0.1) is 18.0 Å². The molecule has 2 rings (SSSR count). The summed E-state index contributed by atoms with van der Waals surface area (Å²) in [7, 11) is 1.42. The van der Waals surface area contributed by atoms with Gasteiger partial charge in [0.1, 0.15) is 0 Å². The van der Waals surface area contributed by atoms with Crippen LogP contribution < -0.4 is 0 Å². The van der Waals surface area contributed by atoms with Crippen LogP contribution in [0.5, 0.6) is 0 Å². The summed E-state index contributed by atoms with van der Waals surface area (Å²) in [4.78, 5) is 26.1. The molecule has 0 saturated heterocycles. The fourth-order valence-corrected chi connectivity index (χ4v) is 2.50. The number of non-ortho nitro benzene ring substituents is 1. The van der Waals surface area contributed by atoms with Crippen LogP contribution in [0.1, 0.15) is 31.2 Å². The van der Waals surface area contributed by atoms with E-state index in [0.29, 0.717) is 0 Å². The number of ether oxygens (including phenoxy) is 1. The third-order valence-corrected chi connectivity index (χ3v) is 3.77. The SMILES string of the molecule is COC(=O)[C@H]1CC[C@H](/N=C/c2ccc([N+](=O)[O-])cc2)CC1. The molecule has 1 aliphatic carbocycles. The van der Waals surface area contributed by atoms with Gasteiger partial charge in [0, 0.05) is 24.4 Å². The molecule has 0 aliphatic heterocycles. The van der Waals surface area contributed by atoms with Crippen molar-refractivity contribution in [3.8, 4) is 0 Å². The zero-order chi connectivity index (χ0) is 15.2. The zero-order valence-electron chi connectivity index (χ0n) is 11.9. The number of hydrogen-bond donors (Lipinski definition) is 0. The van der Waals surface area contributed by atoms with Crippen LogP contribution in [0.25, 0.3) is 0 Å². The van der Waals surface area contributed by atoms with Crippen molar-refractivity contribution < 1.29 is 14.5 Å². The number of carbonyl (C=O) groups is 1. The monoisotopic (exact) mass is 290 g/mol. The van der Waals surface area contributed by atoms with E-state index in [2.05, 4.69) is 4.99 Å². The predicted molar refractivity (Wildman–Crippen MR) is 78.5 cm³/mol. The number of benzene rings is 1. The van der Waals surface area contributed by atoms with Gasteiger partial charge >= 0.3 is 5.97 Å². The molecular weight excluding hydrogens is 272 g/mol. The summed E-state index contributed by atoms with van der Waals surface area (Å²) in [5.74, 6) is -0.131. The molecule has 1 aliphatic rings. The topological polar surface area (TPSA) is 81.8 Å². The molecule has 112 valence electrons. The maximum absolute atomic E-state index is 11.4. The fraction of sp³-hybridized carbons (Fsp3) is 0.467. The van der Waals surface area contributed by atoms with Gasteiger partial charge < -0.3 is 4.74 Å². The van der Waals surface area contributed by atoms with Gasteiger partial charge in [-0.25, -0.2) is 0 Å². The Morgan fingerprint density at radius 3 is 2.43 bits per heavy atom. The lowest BCUT2D eigenvalue weighted by molar-refractivity contribution is -0.384. The molecule has 0 spiro atoms. The van der Waals surface area contributed by atoms with Crippen LogP contribution in [-0.2, 0) is 9.53 Å². The van der Waals surface area contributed by atoms with Gasteiger partial charge in [-0.05, 0) is 43.4 Å². The maximum Gasteiger partial charge on any atom is 0.308 e. The molecule has 0 unspecified atom stereocenters. The van der Waals surface area contributed by atoms with Crippen molar-refractivity contribution in [2.24, 2.45) is 10.9 Å². The number of aliphatic imine (C=N–C) groups is 1. The largest absolute Gasteiger partial charge is 0.469 e. The van der Waals surface area contributed by atoms with Gasteiger partial charge in [0.15, 0.2) is 0 Å². The lowest BCUT2D eigenvalue weighted by Crippen LogP contribution is -2.24. The van der Waals surface area contributed by atoms with Crippen molar-refractivity contribution in [2.45, 2.75) is 31.7 Å². The molecule has 1 fully saturated rings. The second-order valence-electron chi connectivity index (χ2n) is 5.16. The Morgan fingerprint density at radius 1 is 1.29 bits per heavy atom. The molecule has 0 atom stereocenters. The number of nitro benzene ring substituents is 1. The standard InChI is InChI=1S/C15H18N2O4/c1-21-15(18)12-4-6-13(7-5-12)16-10-11-2-8-14(9-3-11)17(19)20/h2-3,8-10,12-13H,4-7H2,1H3/b16-10+/t12-,13-. The lowest BCUT2D eigenvalue weighted by Gasteiger charge is -2.24. The average Bonchev–Trinajstić information content (AvgIpc) is 2.53. The minimum atomic E-state index is -0.422. The van der Waals surface area contributed by atoms with Crippen molar-refractivity contribution in [1.29, 1.82) is 0 Å². The zero-order valence-corrected chi connectivity index (χ0v) is 11.9. The Kier molecular flexibility index (Phi) is 5.03. The Bertz CT molecular complexity index is 531. The highest BCUT2D eigenvalue weighted by Crippen LogP contribution is 2.27. The van der Waals surface area contributed by atoms with Crippen LogP contribution in [-0.4, -0.2) is 30.3 Å². The summed E-state index contributed by atoms with van der Waals surface area (Å²) >= 11 is 0. The molecule has 21 heavy (non-hydrogen) atoms. The van der Waals surface area contributed by atoms with E-state index in [1.165, 1.54) is 19.2 Å². The van der Waals surface area contributed by atoms with Crippen molar-refractivity contribution in [3.05, 3.63) is 39.9 Å². The molecule has 1 aromatic rings. The summed E-state index contributed by atoms with van der Waals surface area (Å²) in [6, 6.07) is 6.51. The van der Waals surface area contributed by atoms with Crippen LogP contribution >= 0.6 is 0 Å². The molecule has 0 heterocycles. The fourth-order valence-electron chi connectivity index (χ4n) is 2.50. The normalized spacial score (nSPS) is 22.1. The molecule has 1 saturated carbocycles. The third-order valence-electron chi connectivity index (χ3n) is 3.77. The molecule has 6 heteroatoms. The second kappa shape index (κ2) is 6.97. The summed E-state index contributed by atoms with van der Waals surface area (Å²) in [5, 5.41) is 10.6. The predicted octanol–water partition coefficient (Wildman–Crippen LogP) is 2.75. The number of methoxy groups -OCH3 is 1. The van der Waals surface area contributed by atoms with Crippen LogP contribution in [0.4, 0.5) is 5.69 Å². The number of rotatable bonds is 4. The third kappa shape index (κ3) is 4.11. The van der Waals surface area contributed by atoms with E-state index in [0.717, 1.165) is 31.2 Å². The van der Waals surface area contributed by atoms with E-state index in [1.807, 2.05) is 0 Å². The number of nitrogens with zero attached hydrogens (tertiary/aromatic N) is 2. The first-order valence-corrected chi connectivity index (χ1v) is 6.95. The smallest absolute Gasteiger partial charge is 0.308 e. The summed E-state index contributed by atoms with van der Waals surface area (Å²) in [6.07, 6.45) is 5.07. The van der Waals surface area contributed by atoms with Gasteiger partial charge in [-0.1, -0.05) is 0 Å². The minimum absolute atomic E-state index is 0.000764. The van der Waals surface area contributed by atoms with Crippen LogP contribution in [0.3, 0.4) is 0 Å². The molecule has 0 amide bonds. The molecule has 0 N–H and O–H groups in total. The molecule has 1 aromatic carbocycles. The van der Waals surface area contributed by atoms with Gasteiger partial charge in [-0.2, -0.15) is 0 Å². The van der Waals surface area contributed by atoms with Crippen LogP contribution in [0.15, 0.2) is 29.3 Å². The number of esters is 1. The first-order chi connectivity index (χ1) is 10.1. The Balaban J connectivity index is 1.88. The minimum Gasteiger partial charge on any atom is -0.469 e. The highest BCUT2D eigenvalue weighted by Gasteiger charge is 2.26. The maximum atomic E-state index is 11.4. The first kappa shape index (κ1) is 15.2. The number of carbonyl (C=O) groups excluding carboxylic acids is 1. The quantitative estimate of drug-likeness (QED) is 0.369. The van der Waals surface area contributed by atoms with Crippen molar-refractivity contribution in [3.63, 3.8) is 0 Å². The average molecular weight is 290 g/mol. The van der Waals surface area contributed by atoms with E-state index >= 15 is 0 Å². The molecule has 0 aromatic heterocycles. The highest BCUT2D eigenvalue weighted by atomic mass is 16.6. The van der Waals surface area contributed by atoms with E-state index in [9.17, 15) is 14.9 Å². The molecule has 0 bridgehead atoms.